The summed E-state index contributed by atoms with van der Waals surface area (Å²) in [5, 5.41) is 5.34. The molecule has 0 spiro atoms. The Hall–Kier alpha value is -1.32. The molecule has 1 aliphatic rings. The average Bonchev–Trinajstić information content (AvgIpc) is 2.41. The highest BCUT2D eigenvalue weighted by Gasteiger charge is 2.33. The van der Waals surface area contributed by atoms with Gasteiger partial charge in [0.05, 0.1) is 12.3 Å². The quantitative estimate of drug-likeness (QED) is 0.859. The van der Waals surface area contributed by atoms with Crippen molar-refractivity contribution in [2.45, 2.75) is 12.5 Å². The zero-order valence-corrected chi connectivity index (χ0v) is 12.3. The van der Waals surface area contributed by atoms with Crippen LogP contribution in [-0.2, 0) is 9.53 Å². The van der Waals surface area contributed by atoms with Gasteiger partial charge in [-0.25, -0.2) is 0 Å². The summed E-state index contributed by atoms with van der Waals surface area (Å²) >= 11 is 3.05. The zero-order chi connectivity index (χ0) is 15.5. The van der Waals surface area contributed by atoms with Crippen LogP contribution >= 0.6 is 15.9 Å². The third-order valence-electron chi connectivity index (χ3n) is 2.65. The van der Waals surface area contributed by atoms with Gasteiger partial charge in [0.2, 0.25) is 0 Å². The second kappa shape index (κ2) is 6.63. The highest BCUT2D eigenvalue weighted by Crippen LogP contribution is 2.33. The maximum atomic E-state index is 12.4. The first-order valence-corrected chi connectivity index (χ1v) is 6.83. The molecule has 1 aliphatic heterocycles. The Morgan fingerprint density at radius 3 is 2.86 bits per heavy atom. The van der Waals surface area contributed by atoms with Crippen molar-refractivity contribution in [1.29, 1.82) is 0 Å². The smallest absolute Gasteiger partial charge is 0.404 e. The molecule has 1 aromatic carbocycles. The summed E-state index contributed by atoms with van der Waals surface area (Å²) in [5.74, 6) is -1.02. The topological polar surface area (TPSA) is 59.6 Å². The Morgan fingerprint density at radius 1 is 1.48 bits per heavy atom. The number of hydrogen-bond donors (Lipinski definition) is 2. The maximum Gasteiger partial charge on any atom is 0.573 e. The summed E-state index contributed by atoms with van der Waals surface area (Å²) in [6.45, 7) is 1.30. The molecule has 1 amide bonds. The van der Waals surface area contributed by atoms with Crippen molar-refractivity contribution in [3.63, 3.8) is 0 Å². The van der Waals surface area contributed by atoms with E-state index in [2.05, 4.69) is 31.3 Å². The molecule has 1 atom stereocenters. The first kappa shape index (κ1) is 16.1. The fourth-order valence-corrected chi connectivity index (χ4v) is 2.10. The number of morpholine rings is 1. The first-order valence-electron chi connectivity index (χ1n) is 6.03. The molecule has 1 saturated heterocycles. The van der Waals surface area contributed by atoms with Crippen molar-refractivity contribution in [2.24, 2.45) is 0 Å². The van der Waals surface area contributed by atoms with Gasteiger partial charge in [-0.1, -0.05) is 15.9 Å². The zero-order valence-electron chi connectivity index (χ0n) is 10.7. The van der Waals surface area contributed by atoms with E-state index in [4.69, 9.17) is 4.74 Å². The summed E-state index contributed by atoms with van der Waals surface area (Å²) in [6, 6.07) is 3.95. The number of rotatable bonds is 3. The van der Waals surface area contributed by atoms with Crippen LogP contribution in [0.3, 0.4) is 0 Å². The molecule has 21 heavy (non-hydrogen) atoms. The number of carbonyl (C=O) groups excluding carboxylic acids is 1. The normalized spacial score (nSPS) is 19.1. The van der Waals surface area contributed by atoms with Crippen molar-refractivity contribution < 1.29 is 27.4 Å². The van der Waals surface area contributed by atoms with Crippen molar-refractivity contribution in [3.8, 4) is 5.75 Å². The number of nitrogens with one attached hydrogen (secondary N) is 2. The van der Waals surface area contributed by atoms with Crippen LogP contribution in [0.5, 0.6) is 5.75 Å². The molecule has 1 aromatic rings. The summed E-state index contributed by atoms with van der Waals surface area (Å²) in [4.78, 5) is 11.9. The van der Waals surface area contributed by atoms with E-state index in [0.717, 1.165) is 6.07 Å². The Morgan fingerprint density at radius 2 is 2.24 bits per heavy atom. The molecule has 0 saturated carbocycles. The SMILES string of the molecule is O=C(Nc1ccc(Br)cc1OC(F)(F)F)C1CNCCO1. The molecule has 0 aliphatic carbocycles. The lowest BCUT2D eigenvalue weighted by Gasteiger charge is -2.23. The summed E-state index contributed by atoms with van der Waals surface area (Å²) in [5.41, 5.74) is -0.0744. The Balaban J connectivity index is 2.13. The predicted molar refractivity (Wildman–Crippen MR) is 72.1 cm³/mol. The fourth-order valence-electron chi connectivity index (χ4n) is 1.76. The molecular formula is C12H12BrF3N2O3. The van der Waals surface area contributed by atoms with Gasteiger partial charge in [-0.15, -0.1) is 13.2 Å². The molecule has 1 heterocycles. The Labute approximate surface area is 126 Å². The molecule has 1 fully saturated rings. The molecular weight excluding hydrogens is 357 g/mol. The number of benzene rings is 1. The molecule has 2 rings (SSSR count). The molecule has 0 aromatic heterocycles. The van der Waals surface area contributed by atoms with E-state index >= 15 is 0 Å². The number of alkyl halides is 3. The van der Waals surface area contributed by atoms with Gasteiger partial charge >= 0.3 is 6.36 Å². The largest absolute Gasteiger partial charge is 0.573 e. The molecule has 2 N–H and O–H groups in total. The second-order valence-corrected chi connectivity index (χ2v) is 5.16. The Kier molecular flexibility index (Phi) is 5.07. The van der Waals surface area contributed by atoms with Crippen LogP contribution < -0.4 is 15.4 Å². The molecule has 0 radical (unpaired) electrons. The number of hydrogen-bond acceptors (Lipinski definition) is 4. The standard InChI is InChI=1S/C12H12BrF3N2O3/c13-7-1-2-8(9(5-7)21-12(14,15)16)18-11(19)10-6-17-3-4-20-10/h1-2,5,10,17H,3-4,6H2,(H,18,19). The van der Waals surface area contributed by atoms with E-state index in [9.17, 15) is 18.0 Å². The highest BCUT2D eigenvalue weighted by molar-refractivity contribution is 9.10. The molecule has 116 valence electrons. The van der Waals surface area contributed by atoms with Gasteiger partial charge in [-0.3, -0.25) is 4.79 Å². The number of halogens is 4. The van der Waals surface area contributed by atoms with Gasteiger partial charge in [0.15, 0.2) is 5.75 Å². The summed E-state index contributed by atoms with van der Waals surface area (Å²) in [7, 11) is 0. The van der Waals surface area contributed by atoms with Crippen molar-refractivity contribution in [2.75, 3.05) is 25.0 Å². The predicted octanol–water partition coefficient (Wildman–Crippen LogP) is 2.27. The van der Waals surface area contributed by atoms with E-state index in [-0.39, 0.29) is 5.69 Å². The number of anilines is 1. The van der Waals surface area contributed by atoms with Gasteiger partial charge in [0.1, 0.15) is 6.10 Å². The van der Waals surface area contributed by atoms with Crippen molar-refractivity contribution >= 4 is 27.5 Å². The molecule has 1 unspecified atom stereocenters. The third kappa shape index (κ3) is 4.87. The minimum atomic E-state index is -4.84. The molecule has 0 bridgehead atoms. The number of carbonyl (C=O) groups is 1. The van der Waals surface area contributed by atoms with Crippen LogP contribution in [-0.4, -0.2) is 38.1 Å². The van der Waals surface area contributed by atoms with Crippen molar-refractivity contribution in [3.05, 3.63) is 22.7 Å². The summed E-state index contributed by atoms with van der Waals surface area (Å²) < 4.78 is 46.6. The van der Waals surface area contributed by atoms with E-state index in [1.807, 2.05) is 0 Å². The second-order valence-electron chi connectivity index (χ2n) is 4.24. The number of amides is 1. The van der Waals surface area contributed by atoms with Crippen LogP contribution in [0.1, 0.15) is 0 Å². The van der Waals surface area contributed by atoms with Crippen molar-refractivity contribution in [1.82, 2.24) is 5.32 Å². The highest BCUT2D eigenvalue weighted by atomic mass is 79.9. The third-order valence-corrected chi connectivity index (χ3v) is 3.14. The summed E-state index contributed by atoms with van der Waals surface area (Å²) in [6.07, 6.45) is -5.59. The van der Waals surface area contributed by atoms with Gasteiger partial charge in [-0.05, 0) is 18.2 Å². The van der Waals surface area contributed by atoms with Gasteiger partial charge in [0, 0.05) is 17.6 Å². The Bertz CT molecular complexity index is 519. The van der Waals surface area contributed by atoms with Gasteiger partial charge in [0.25, 0.3) is 5.91 Å². The van der Waals surface area contributed by atoms with Crippen LogP contribution in [0, 0.1) is 0 Å². The van der Waals surface area contributed by atoms with E-state index < -0.39 is 24.1 Å². The van der Waals surface area contributed by atoms with Crippen LogP contribution in [0.25, 0.3) is 0 Å². The van der Waals surface area contributed by atoms with Crippen LogP contribution in [0.2, 0.25) is 0 Å². The molecule has 5 nitrogen and oxygen atoms in total. The van der Waals surface area contributed by atoms with Gasteiger partial charge < -0.3 is 20.1 Å². The molecule has 9 heteroatoms. The lowest BCUT2D eigenvalue weighted by Crippen LogP contribution is -2.45. The number of ether oxygens (including phenoxy) is 2. The average molecular weight is 369 g/mol. The lowest BCUT2D eigenvalue weighted by molar-refractivity contribution is -0.274. The first-order chi connectivity index (χ1) is 9.85. The lowest BCUT2D eigenvalue weighted by atomic mass is 10.2. The maximum absolute atomic E-state index is 12.4. The van der Waals surface area contributed by atoms with E-state index in [1.54, 1.807) is 0 Å². The van der Waals surface area contributed by atoms with Gasteiger partial charge in [-0.2, -0.15) is 0 Å². The minimum absolute atomic E-state index is 0.0744. The van der Waals surface area contributed by atoms with Crippen LogP contribution in [0.4, 0.5) is 18.9 Å². The monoisotopic (exact) mass is 368 g/mol. The minimum Gasteiger partial charge on any atom is -0.404 e. The fraction of sp³-hybridized carbons (Fsp3) is 0.417. The van der Waals surface area contributed by atoms with E-state index in [0.29, 0.717) is 24.2 Å². The van der Waals surface area contributed by atoms with E-state index in [1.165, 1.54) is 12.1 Å². The van der Waals surface area contributed by atoms with Crippen LogP contribution in [0.15, 0.2) is 22.7 Å².